The van der Waals surface area contributed by atoms with Gasteiger partial charge in [-0.15, -0.1) is 0 Å². The topological polar surface area (TPSA) is 80.5 Å². The molecule has 1 fully saturated rings. The van der Waals surface area contributed by atoms with Gasteiger partial charge in [-0.1, -0.05) is 18.2 Å². The fraction of sp³-hybridized carbons (Fsp3) is 0.417. The number of carbonyl (C=O) groups excluding carboxylic acids is 1. The van der Waals surface area contributed by atoms with Gasteiger partial charge in [-0.05, 0) is 31.4 Å². The van der Waals surface area contributed by atoms with Crippen LogP contribution in [0.3, 0.4) is 0 Å². The molecule has 0 aliphatic carbocycles. The Labute approximate surface area is 107 Å². The molecule has 1 amide bonds. The number of hydrogen-bond acceptors (Lipinski definition) is 4. The van der Waals surface area contributed by atoms with E-state index in [-0.39, 0.29) is 11.4 Å². The van der Waals surface area contributed by atoms with Crippen LogP contribution in [0.2, 0.25) is 0 Å². The summed E-state index contributed by atoms with van der Waals surface area (Å²) in [7, 11) is -3.76. The van der Waals surface area contributed by atoms with E-state index in [9.17, 15) is 13.2 Å². The fourth-order valence-corrected chi connectivity index (χ4v) is 3.49. The molecule has 1 heterocycles. The summed E-state index contributed by atoms with van der Waals surface area (Å²) in [5.74, 6) is -0.503. The van der Waals surface area contributed by atoms with E-state index in [0.29, 0.717) is 12.8 Å². The van der Waals surface area contributed by atoms with E-state index in [1.54, 1.807) is 18.2 Å². The van der Waals surface area contributed by atoms with Crippen molar-refractivity contribution in [3.63, 3.8) is 0 Å². The second-order valence-electron chi connectivity index (χ2n) is 4.33. The summed E-state index contributed by atoms with van der Waals surface area (Å²) in [6.07, 6.45) is 1.97. The molecule has 0 aromatic heterocycles. The summed E-state index contributed by atoms with van der Waals surface area (Å²) in [4.78, 5) is 12.1. The highest BCUT2D eigenvalue weighted by Crippen LogP contribution is 2.20. The van der Waals surface area contributed by atoms with E-state index in [0.717, 1.165) is 10.7 Å². The minimum Gasteiger partial charge on any atom is -0.320 e. The number of nitrogens with two attached hydrogens (primary N) is 1. The van der Waals surface area contributed by atoms with Crippen molar-refractivity contribution >= 4 is 15.9 Å². The Kier molecular flexibility index (Phi) is 3.68. The highest BCUT2D eigenvalue weighted by Gasteiger charge is 2.33. The Bertz CT molecular complexity index is 528. The van der Waals surface area contributed by atoms with Crippen LogP contribution in [-0.4, -0.2) is 31.2 Å². The maximum absolute atomic E-state index is 12.3. The molecule has 98 valence electrons. The van der Waals surface area contributed by atoms with Crippen LogP contribution in [0.15, 0.2) is 35.2 Å². The van der Waals surface area contributed by atoms with Crippen molar-refractivity contribution in [2.24, 2.45) is 5.73 Å². The molecule has 0 radical (unpaired) electrons. The van der Waals surface area contributed by atoms with Crippen molar-refractivity contribution < 1.29 is 13.2 Å². The van der Waals surface area contributed by atoms with Crippen LogP contribution in [0.5, 0.6) is 0 Å². The zero-order valence-corrected chi connectivity index (χ0v) is 10.8. The van der Waals surface area contributed by atoms with E-state index in [4.69, 9.17) is 5.73 Å². The molecule has 1 aromatic rings. The summed E-state index contributed by atoms with van der Waals surface area (Å²) < 4.78 is 25.6. The first kappa shape index (κ1) is 13.0. The summed E-state index contributed by atoms with van der Waals surface area (Å²) in [6.45, 7) is 0.212. The lowest BCUT2D eigenvalue weighted by molar-refractivity contribution is -0.127. The number of amides is 1. The average Bonchev–Trinajstić information content (AvgIpc) is 2.54. The van der Waals surface area contributed by atoms with Gasteiger partial charge in [-0.3, -0.25) is 4.79 Å². The van der Waals surface area contributed by atoms with Crippen LogP contribution in [0.1, 0.15) is 19.3 Å². The first-order valence-corrected chi connectivity index (χ1v) is 7.34. The molecule has 6 heteroatoms. The molecule has 18 heavy (non-hydrogen) atoms. The van der Waals surface area contributed by atoms with Crippen LogP contribution in [0.25, 0.3) is 0 Å². The fourth-order valence-electron chi connectivity index (χ4n) is 2.00. The summed E-state index contributed by atoms with van der Waals surface area (Å²) in [6, 6.07) is 7.25. The Balaban J connectivity index is 2.37. The highest BCUT2D eigenvalue weighted by atomic mass is 32.2. The van der Waals surface area contributed by atoms with Crippen LogP contribution in [0.4, 0.5) is 0 Å². The predicted octanol–water partition coefficient (Wildman–Crippen LogP) is 0.715. The third-order valence-electron chi connectivity index (χ3n) is 3.02. The van der Waals surface area contributed by atoms with Gasteiger partial charge in [-0.25, -0.2) is 12.7 Å². The van der Waals surface area contributed by atoms with Crippen molar-refractivity contribution in [2.45, 2.75) is 30.2 Å². The molecule has 1 aromatic carbocycles. The lowest BCUT2D eigenvalue weighted by Crippen LogP contribution is -2.45. The number of benzene rings is 1. The molecule has 0 bridgehead atoms. The van der Waals surface area contributed by atoms with E-state index in [2.05, 4.69) is 0 Å². The molecule has 1 atom stereocenters. The summed E-state index contributed by atoms with van der Waals surface area (Å²) in [5.41, 5.74) is 5.69. The van der Waals surface area contributed by atoms with E-state index in [1.165, 1.54) is 12.1 Å². The van der Waals surface area contributed by atoms with Crippen LogP contribution < -0.4 is 5.73 Å². The average molecular weight is 268 g/mol. The van der Waals surface area contributed by atoms with Gasteiger partial charge in [-0.2, -0.15) is 0 Å². The third kappa shape index (κ3) is 2.39. The lowest BCUT2D eigenvalue weighted by atomic mass is 10.1. The largest absolute Gasteiger partial charge is 0.320 e. The van der Waals surface area contributed by atoms with Crippen LogP contribution >= 0.6 is 0 Å². The van der Waals surface area contributed by atoms with Gasteiger partial charge in [0, 0.05) is 6.54 Å². The standard InChI is InChI=1S/C12H16N2O3S/c13-11-8-4-5-9-14(12(11)15)18(16,17)10-6-2-1-3-7-10/h1-3,6-7,11H,4-5,8-9,13H2/t11-/m1/s1. The van der Waals surface area contributed by atoms with Crippen LogP contribution in [0, 0.1) is 0 Å². The normalized spacial score (nSPS) is 21.7. The molecule has 1 aliphatic rings. The van der Waals surface area contributed by atoms with E-state index >= 15 is 0 Å². The zero-order valence-electron chi connectivity index (χ0n) is 9.95. The minimum absolute atomic E-state index is 0.132. The molecular weight excluding hydrogens is 252 g/mol. The molecule has 0 unspecified atom stereocenters. The van der Waals surface area contributed by atoms with Crippen molar-refractivity contribution in [3.05, 3.63) is 30.3 Å². The Morgan fingerprint density at radius 2 is 1.83 bits per heavy atom. The van der Waals surface area contributed by atoms with Crippen molar-refractivity contribution in [2.75, 3.05) is 6.54 Å². The first-order valence-electron chi connectivity index (χ1n) is 5.90. The second-order valence-corrected chi connectivity index (χ2v) is 6.19. The second kappa shape index (κ2) is 5.07. The third-order valence-corrected chi connectivity index (χ3v) is 4.83. The minimum atomic E-state index is -3.76. The van der Waals surface area contributed by atoms with Crippen molar-refractivity contribution in [3.8, 4) is 0 Å². The molecular formula is C12H16N2O3S. The number of rotatable bonds is 2. The van der Waals surface area contributed by atoms with Gasteiger partial charge < -0.3 is 5.73 Å². The number of hydrogen-bond donors (Lipinski definition) is 1. The quantitative estimate of drug-likeness (QED) is 0.856. The smallest absolute Gasteiger partial charge is 0.266 e. The van der Waals surface area contributed by atoms with E-state index < -0.39 is 22.0 Å². The molecule has 0 saturated carbocycles. The van der Waals surface area contributed by atoms with Crippen molar-refractivity contribution in [1.29, 1.82) is 0 Å². The van der Waals surface area contributed by atoms with Gasteiger partial charge in [0.1, 0.15) is 0 Å². The molecule has 1 saturated heterocycles. The van der Waals surface area contributed by atoms with Gasteiger partial charge in [0.05, 0.1) is 10.9 Å². The van der Waals surface area contributed by atoms with Gasteiger partial charge in [0.25, 0.3) is 15.9 Å². The number of nitrogens with zero attached hydrogens (tertiary/aromatic N) is 1. The Hall–Kier alpha value is -1.40. The molecule has 5 nitrogen and oxygen atoms in total. The van der Waals surface area contributed by atoms with Crippen LogP contribution in [-0.2, 0) is 14.8 Å². The molecule has 1 aliphatic heterocycles. The SMILES string of the molecule is N[C@@H]1CCCCN(S(=O)(=O)c2ccccc2)C1=O. The molecule has 2 N–H and O–H groups in total. The monoisotopic (exact) mass is 268 g/mol. The van der Waals surface area contributed by atoms with Crippen molar-refractivity contribution in [1.82, 2.24) is 4.31 Å². The molecule has 2 rings (SSSR count). The zero-order chi connectivity index (χ0) is 13.2. The maximum atomic E-state index is 12.3. The number of sulfonamides is 1. The summed E-state index contributed by atoms with van der Waals surface area (Å²) in [5, 5.41) is 0. The maximum Gasteiger partial charge on any atom is 0.266 e. The first-order chi connectivity index (χ1) is 8.53. The predicted molar refractivity (Wildman–Crippen MR) is 67.2 cm³/mol. The Morgan fingerprint density at radius 1 is 1.17 bits per heavy atom. The lowest BCUT2D eigenvalue weighted by Gasteiger charge is -2.22. The van der Waals surface area contributed by atoms with Gasteiger partial charge in [0.2, 0.25) is 0 Å². The Morgan fingerprint density at radius 3 is 2.50 bits per heavy atom. The van der Waals surface area contributed by atoms with Gasteiger partial charge >= 0.3 is 0 Å². The molecule has 0 spiro atoms. The van der Waals surface area contributed by atoms with E-state index in [1.807, 2.05) is 0 Å². The highest BCUT2D eigenvalue weighted by molar-refractivity contribution is 7.89. The van der Waals surface area contributed by atoms with Gasteiger partial charge in [0.15, 0.2) is 0 Å². The number of carbonyl (C=O) groups is 1. The summed E-state index contributed by atoms with van der Waals surface area (Å²) >= 11 is 0.